The van der Waals surface area contributed by atoms with E-state index < -0.39 is 29.4 Å². The van der Waals surface area contributed by atoms with Gasteiger partial charge in [-0.2, -0.15) is 5.26 Å². The molecule has 0 saturated carbocycles. The van der Waals surface area contributed by atoms with Crippen LogP contribution in [0, 0.1) is 11.3 Å². The molecule has 0 aliphatic heterocycles. The molecule has 0 heterocycles. The third kappa shape index (κ3) is 4.35. The number of nitrogens with zero attached hydrogens (tertiary/aromatic N) is 1. The minimum Gasteiger partial charge on any atom is -0.507 e. The molecule has 6 nitrogen and oxygen atoms in total. The smallest absolute Gasteiger partial charge is 0.352 e. The molecule has 0 fully saturated rings. The van der Waals surface area contributed by atoms with E-state index in [0.29, 0.717) is 5.56 Å². The molecule has 1 atom stereocenters. The summed E-state index contributed by atoms with van der Waals surface area (Å²) in [6, 6.07) is 9.87. The van der Waals surface area contributed by atoms with Crippen LogP contribution in [0.15, 0.2) is 41.7 Å². The minimum absolute atomic E-state index is 0.0564. The number of hydrogen-bond donors (Lipinski definition) is 1. The van der Waals surface area contributed by atoms with Gasteiger partial charge in [0.15, 0.2) is 17.4 Å². The first-order valence-corrected chi connectivity index (χ1v) is 6.23. The second-order valence-corrected chi connectivity index (χ2v) is 3.99. The van der Waals surface area contributed by atoms with Crippen molar-refractivity contribution in [2.45, 2.75) is 20.0 Å². The summed E-state index contributed by atoms with van der Waals surface area (Å²) in [6.07, 6.45) is -1.23. The fourth-order valence-corrected chi connectivity index (χ4v) is 1.62. The lowest BCUT2D eigenvalue weighted by Crippen LogP contribution is -2.16. The quantitative estimate of drug-likeness (QED) is 0.386. The highest BCUT2D eigenvalue weighted by atomic mass is 16.6. The molecular weight excluding hydrogens is 274 g/mol. The van der Waals surface area contributed by atoms with Crippen molar-refractivity contribution in [1.29, 1.82) is 5.26 Å². The molecule has 1 N–H and O–H groups in total. The topological polar surface area (TPSA) is 96.6 Å². The number of nitriles is 1. The number of benzene rings is 1. The predicted octanol–water partition coefficient (Wildman–Crippen LogP) is 2.19. The van der Waals surface area contributed by atoms with Crippen LogP contribution in [-0.4, -0.2) is 23.7 Å². The maximum Gasteiger partial charge on any atom is 0.352 e. The summed E-state index contributed by atoms with van der Waals surface area (Å²) in [5.74, 6) is -2.28. The van der Waals surface area contributed by atoms with Crippen LogP contribution in [0.4, 0.5) is 0 Å². The molecule has 1 aromatic rings. The number of carbonyl (C=O) groups is 2. The molecule has 1 rings (SSSR count). The van der Waals surface area contributed by atoms with Gasteiger partial charge in [-0.3, -0.25) is 4.79 Å². The molecule has 0 aliphatic rings. The Hall–Kier alpha value is -2.81. The van der Waals surface area contributed by atoms with Crippen LogP contribution in [0.2, 0.25) is 0 Å². The number of aliphatic hydroxyl groups is 1. The highest BCUT2D eigenvalue weighted by Gasteiger charge is 2.27. The zero-order valence-electron chi connectivity index (χ0n) is 11.7. The van der Waals surface area contributed by atoms with E-state index in [9.17, 15) is 14.7 Å². The van der Waals surface area contributed by atoms with Gasteiger partial charge in [-0.15, -0.1) is 0 Å². The summed E-state index contributed by atoms with van der Waals surface area (Å²) >= 11 is 0. The monoisotopic (exact) mass is 289 g/mol. The van der Waals surface area contributed by atoms with Crippen molar-refractivity contribution in [3.63, 3.8) is 0 Å². The molecule has 0 aromatic heterocycles. The molecule has 0 bridgehead atoms. The lowest BCUT2D eigenvalue weighted by atomic mass is 10.0. The van der Waals surface area contributed by atoms with Crippen molar-refractivity contribution in [3.05, 3.63) is 47.2 Å². The van der Waals surface area contributed by atoms with Gasteiger partial charge in [-0.25, -0.2) is 4.79 Å². The van der Waals surface area contributed by atoms with Gasteiger partial charge >= 0.3 is 11.9 Å². The van der Waals surface area contributed by atoms with Crippen LogP contribution in [-0.2, 0) is 19.1 Å². The van der Waals surface area contributed by atoms with E-state index in [1.165, 1.54) is 6.92 Å². The third-order valence-electron chi connectivity index (χ3n) is 2.48. The van der Waals surface area contributed by atoms with Crippen LogP contribution in [0.1, 0.15) is 25.5 Å². The average molecular weight is 289 g/mol. The Morgan fingerprint density at radius 1 is 1.33 bits per heavy atom. The van der Waals surface area contributed by atoms with E-state index in [4.69, 9.17) is 10.00 Å². The van der Waals surface area contributed by atoms with E-state index in [-0.39, 0.29) is 6.61 Å². The van der Waals surface area contributed by atoms with Crippen LogP contribution < -0.4 is 0 Å². The minimum atomic E-state index is -1.23. The molecule has 6 heteroatoms. The molecule has 0 aliphatic carbocycles. The second-order valence-electron chi connectivity index (χ2n) is 3.99. The summed E-state index contributed by atoms with van der Waals surface area (Å²) in [6.45, 7) is 2.80. The van der Waals surface area contributed by atoms with Crippen molar-refractivity contribution < 1.29 is 24.2 Å². The average Bonchev–Trinajstić information content (AvgIpc) is 2.46. The van der Waals surface area contributed by atoms with Crippen LogP contribution >= 0.6 is 0 Å². The van der Waals surface area contributed by atoms with Crippen molar-refractivity contribution in [2.75, 3.05) is 6.61 Å². The Labute approximate surface area is 122 Å². The van der Waals surface area contributed by atoms with Crippen molar-refractivity contribution in [1.82, 2.24) is 0 Å². The van der Waals surface area contributed by atoms with Gasteiger partial charge in [-0.1, -0.05) is 30.3 Å². The lowest BCUT2D eigenvalue weighted by molar-refractivity contribution is -0.147. The number of carbonyl (C=O) groups excluding carboxylic acids is 2. The first-order chi connectivity index (χ1) is 10.0. The molecular formula is C15H15NO5. The summed E-state index contributed by atoms with van der Waals surface area (Å²) in [7, 11) is 0. The number of hydrogen-bond acceptors (Lipinski definition) is 6. The second kappa shape index (κ2) is 7.70. The highest BCUT2D eigenvalue weighted by Crippen LogP contribution is 2.26. The van der Waals surface area contributed by atoms with Gasteiger partial charge < -0.3 is 14.6 Å². The molecule has 110 valence electrons. The van der Waals surface area contributed by atoms with E-state index in [1.54, 1.807) is 43.3 Å². The Balaban J connectivity index is 3.27. The normalized spacial score (nSPS) is 12.6. The van der Waals surface area contributed by atoms with Gasteiger partial charge in [0.2, 0.25) is 0 Å². The number of esters is 2. The van der Waals surface area contributed by atoms with Crippen LogP contribution in [0.3, 0.4) is 0 Å². The summed E-state index contributed by atoms with van der Waals surface area (Å²) < 4.78 is 9.69. The molecule has 0 saturated heterocycles. The predicted molar refractivity (Wildman–Crippen MR) is 72.8 cm³/mol. The maximum absolute atomic E-state index is 11.6. The fraction of sp³-hybridized carbons (Fsp3) is 0.267. The maximum atomic E-state index is 11.6. The Morgan fingerprint density at radius 2 is 1.95 bits per heavy atom. The summed E-state index contributed by atoms with van der Waals surface area (Å²) in [4.78, 5) is 22.8. The van der Waals surface area contributed by atoms with Gasteiger partial charge in [0.05, 0.1) is 6.61 Å². The third-order valence-corrected chi connectivity index (χ3v) is 2.48. The van der Waals surface area contributed by atoms with Gasteiger partial charge in [-0.05, 0) is 6.92 Å². The molecule has 1 unspecified atom stereocenters. The van der Waals surface area contributed by atoms with E-state index in [2.05, 4.69) is 4.74 Å². The molecule has 1 aromatic carbocycles. The first-order valence-electron chi connectivity index (χ1n) is 6.23. The Kier molecular flexibility index (Phi) is 5.96. The standard InChI is InChI=1S/C15H15NO5/c1-3-20-15(19)12(9-16)13(18)14(21-10(2)17)11-7-5-4-6-8-11/h4-8,14,18H,3H2,1-2H3/b13-12+. The van der Waals surface area contributed by atoms with E-state index in [1.807, 2.05) is 0 Å². The van der Waals surface area contributed by atoms with Crippen LogP contribution in [0.25, 0.3) is 0 Å². The summed E-state index contributed by atoms with van der Waals surface area (Å²) in [5.41, 5.74) is -0.158. The Morgan fingerprint density at radius 3 is 2.43 bits per heavy atom. The van der Waals surface area contributed by atoms with Gasteiger partial charge in [0.25, 0.3) is 0 Å². The molecule has 0 spiro atoms. The van der Waals surface area contributed by atoms with Crippen LogP contribution in [0.5, 0.6) is 0 Å². The molecule has 0 radical (unpaired) electrons. The van der Waals surface area contributed by atoms with Crippen molar-refractivity contribution >= 4 is 11.9 Å². The number of rotatable bonds is 5. The van der Waals surface area contributed by atoms with E-state index >= 15 is 0 Å². The number of aliphatic hydroxyl groups excluding tert-OH is 1. The SMILES string of the molecule is CCOC(=O)/C(C#N)=C(/O)C(OC(C)=O)c1ccccc1. The molecule has 0 amide bonds. The number of ether oxygens (including phenoxy) is 2. The largest absolute Gasteiger partial charge is 0.507 e. The zero-order valence-corrected chi connectivity index (χ0v) is 11.7. The Bertz CT molecular complexity index is 586. The lowest BCUT2D eigenvalue weighted by Gasteiger charge is -2.17. The first kappa shape index (κ1) is 16.2. The van der Waals surface area contributed by atoms with Crippen molar-refractivity contribution in [2.24, 2.45) is 0 Å². The molecule has 21 heavy (non-hydrogen) atoms. The fourth-order valence-electron chi connectivity index (χ4n) is 1.62. The van der Waals surface area contributed by atoms with Crippen molar-refractivity contribution in [3.8, 4) is 6.07 Å². The van der Waals surface area contributed by atoms with E-state index in [0.717, 1.165) is 0 Å². The zero-order chi connectivity index (χ0) is 15.8. The summed E-state index contributed by atoms with van der Waals surface area (Å²) in [5, 5.41) is 19.2. The van der Waals surface area contributed by atoms with Gasteiger partial charge in [0.1, 0.15) is 6.07 Å². The van der Waals surface area contributed by atoms with Gasteiger partial charge in [0, 0.05) is 12.5 Å². The highest BCUT2D eigenvalue weighted by molar-refractivity contribution is 5.93.